The Morgan fingerprint density at radius 2 is 1.37 bits per heavy atom. The van der Waals surface area contributed by atoms with E-state index in [9.17, 15) is 9.59 Å². The number of hydrogen-bond acceptors (Lipinski definition) is 2. The van der Waals surface area contributed by atoms with Gasteiger partial charge >= 0.3 is 6.03 Å². The highest BCUT2D eigenvalue weighted by Crippen LogP contribution is 2.22. The van der Waals surface area contributed by atoms with Gasteiger partial charge in [-0.25, -0.2) is 4.79 Å². The lowest BCUT2D eigenvalue weighted by molar-refractivity contribution is -0.124. The average molecular weight is 364 g/mol. The first-order valence-corrected chi connectivity index (χ1v) is 9.32. The van der Waals surface area contributed by atoms with Crippen LogP contribution in [0.15, 0.2) is 72.8 Å². The van der Waals surface area contributed by atoms with Crippen molar-refractivity contribution >= 4 is 11.9 Å². The van der Waals surface area contributed by atoms with Crippen LogP contribution >= 0.6 is 0 Å². The van der Waals surface area contributed by atoms with Crippen LogP contribution < -0.4 is 5.32 Å². The number of allylic oxidation sites excluding steroid dienone is 1. The van der Waals surface area contributed by atoms with Crippen LogP contribution in [0, 0.1) is 5.92 Å². The predicted octanol–water partition coefficient (Wildman–Crippen LogP) is 5.26. The molecule has 4 heteroatoms. The van der Waals surface area contributed by atoms with Gasteiger partial charge in [0, 0.05) is 0 Å². The highest BCUT2D eigenvalue weighted by atomic mass is 16.2. The smallest absolute Gasteiger partial charge is 0.325 e. The van der Waals surface area contributed by atoms with Crippen molar-refractivity contribution in [2.75, 3.05) is 0 Å². The minimum atomic E-state index is -0.402. The van der Waals surface area contributed by atoms with E-state index in [0.717, 1.165) is 11.1 Å². The van der Waals surface area contributed by atoms with Gasteiger partial charge in [0.2, 0.25) is 0 Å². The summed E-state index contributed by atoms with van der Waals surface area (Å²) in [6.07, 6.45) is 3.29. The van der Waals surface area contributed by atoms with Gasteiger partial charge in [0.05, 0.1) is 12.1 Å². The number of carbonyl (C=O) groups excluding carboxylic acids is 2. The number of nitrogens with zero attached hydrogens (tertiary/aromatic N) is 1. The summed E-state index contributed by atoms with van der Waals surface area (Å²) in [5, 5.41) is 2.95. The fraction of sp³-hybridized carbons (Fsp3) is 0.304. The van der Waals surface area contributed by atoms with Crippen molar-refractivity contribution in [2.24, 2.45) is 5.92 Å². The molecule has 142 valence electrons. The molecular formula is C23H28N2O2. The summed E-state index contributed by atoms with van der Waals surface area (Å²) in [4.78, 5) is 27.1. The van der Waals surface area contributed by atoms with Gasteiger partial charge in [-0.2, -0.15) is 0 Å². The summed E-state index contributed by atoms with van der Waals surface area (Å²) < 4.78 is 0. The van der Waals surface area contributed by atoms with Crippen LogP contribution in [0.5, 0.6) is 0 Å². The zero-order chi connectivity index (χ0) is 19.8. The zero-order valence-corrected chi connectivity index (χ0v) is 16.4. The predicted molar refractivity (Wildman–Crippen MR) is 109 cm³/mol. The van der Waals surface area contributed by atoms with Gasteiger partial charge in [-0.15, -0.1) is 0 Å². The van der Waals surface area contributed by atoms with Gasteiger partial charge in [0.15, 0.2) is 0 Å². The van der Waals surface area contributed by atoms with E-state index in [-0.39, 0.29) is 23.9 Å². The van der Waals surface area contributed by atoms with Crippen LogP contribution in [-0.2, 0) is 4.79 Å². The number of hydrogen-bond donors (Lipinski definition) is 1. The third kappa shape index (κ3) is 5.81. The number of urea groups is 1. The molecule has 0 aliphatic carbocycles. The second-order valence-corrected chi connectivity index (χ2v) is 6.98. The second-order valence-electron chi connectivity index (χ2n) is 6.98. The quantitative estimate of drug-likeness (QED) is 0.711. The first-order chi connectivity index (χ1) is 12.9. The van der Waals surface area contributed by atoms with E-state index in [1.165, 1.54) is 11.0 Å². The molecule has 0 spiro atoms. The Bertz CT molecular complexity index is 769. The molecule has 0 heterocycles. The third-order valence-corrected chi connectivity index (χ3v) is 4.39. The number of rotatable bonds is 6. The van der Waals surface area contributed by atoms with Crippen LogP contribution in [-0.4, -0.2) is 16.8 Å². The third-order valence-electron chi connectivity index (χ3n) is 4.39. The van der Waals surface area contributed by atoms with Gasteiger partial charge in [-0.3, -0.25) is 9.69 Å². The maximum absolute atomic E-state index is 13.0. The number of benzene rings is 2. The van der Waals surface area contributed by atoms with E-state index >= 15 is 0 Å². The van der Waals surface area contributed by atoms with Crippen molar-refractivity contribution in [2.45, 2.75) is 39.8 Å². The first kappa shape index (κ1) is 20.4. The van der Waals surface area contributed by atoms with E-state index in [1.807, 2.05) is 88.4 Å². The van der Waals surface area contributed by atoms with Crippen molar-refractivity contribution in [3.63, 3.8) is 0 Å². The van der Waals surface area contributed by atoms with E-state index < -0.39 is 6.03 Å². The van der Waals surface area contributed by atoms with Crippen LogP contribution in [0.4, 0.5) is 4.79 Å². The SMILES string of the molecule is CC(C)/C=C/C(=O)N(C(=O)N[C@@H](C)c1ccccc1)[C@@H](C)c1ccccc1. The van der Waals surface area contributed by atoms with Crippen molar-refractivity contribution in [3.8, 4) is 0 Å². The largest absolute Gasteiger partial charge is 0.331 e. The van der Waals surface area contributed by atoms with Gasteiger partial charge < -0.3 is 5.32 Å². The zero-order valence-electron chi connectivity index (χ0n) is 16.4. The molecule has 0 aliphatic rings. The van der Waals surface area contributed by atoms with Gasteiger partial charge in [0.25, 0.3) is 5.91 Å². The lowest BCUT2D eigenvalue weighted by Gasteiger charge is -2.28. The average Bonchev–Trinajstić information content (AvgIpc) is 2.67. The Balaban J connectivity index is 2.25. The van der Waals surface area contributed by atoms with Crippen LogP contribution in [0.1, 0.15) is 50.9 Å². The van der Waals surface area contributed by atoms with Crippen molar-refractivity contribution in [1.29, 1.82) is 0 Å². The molecule has 3 amide bonds. The molecule has 4 nitrogen and oxygen atoms in total. The maximum Gasteiger partial charge on any atom is 0.325 e. The molecule has 2 aromatic carbocycles. The van der Waals surface area contributed by atoms with Crippen LogP contribution in [0.3, 0.4) is 0 Å². The normalized spacial score (nSPS) is 13.4. The summed E-state index contributed by atoms with van der Waals surface area (Å²) in [5.74, 6) is -0.0908. The fourth-order valence-corrected chi connectivity index (χ4v) is 2.78. The Labute approximate surface area is 161 Å². The lowest BCUT2D eigenvalue weighted by atomic mass is 10.1. The van der Waals surface area contributed by atoms with Crippen molar-refractivity contribution in [3.05, 3.63) is 83.9 Å². The molecule has 0 saturated heterocycles. The van der Waals surface area contributed by atoms with E-state index in [0.29, 0.717) is 0 Å². The molecule has 0 saturated carbocycles. The van der Waals surface area contributed by atoms with Gasteiger partial charge in [0.1, 0.15) is 0 Å². The molecule has 0 bridgehead atoms. The number of amides is 3. The highest BCUT2D eigenvalue weighted by Gasteiger charge is 2.27. The summed E-state index contributed by atoms with van der Waals surface area (Å²) >= 11 is 0. The van der Waals surface area contributed by atoms with Crippen LogP contribution in [0.2, 0.25) is 0 Å². The number of carbonyl (C=O) groups is 2. The fourth-order valence-electron chi connectivity index (χ4n) is 2.78. The number of nitrogens with one attached hydrogen (secondary N) is 1. The van der Waals surface area contributed by atoms with Crippen LogP contribution in [0.25, 0.3) is 0 Å². The molecule has 0 aromatic heterocycles. The van der Waals surface area contributed by atoms with E-state index in [4.69, 9.17) is 0 Å². The Hall–Kier alpha value is -2.88. The van der Waals surface area contributed by atoms with Gasteiger partial charge in [-0.1, -0.05) is 80.6 Å². The summed E-state index contributed by atoms with van der Waals surface area (Å²) in [6, 6.07) is 18.3. The number of imide groups is 1. The molecule has 2 atom stereocenters. The molecule has 27 heavy (non-hydrogen) atoms. The van der Waals surface area contributed by atoms with Gasteiger partial charge in [-0.05, 0) is 37.0 Å². The van der Waals surface area contributed by atoms with Crippen molar-refractivity contribution in [1.82, 2.24) is 10.2 Å². The molecule has 2 rings (SSSR count). The van der Waals surface area contributed by atoms with E-state index in [2.05, 4.69) is 5.32 Å². The molecule has 0 radical (unpaired) electrons. The minimum absolute atomic E-state index is 0.203. The summed E-state index contributed by atoms with van der Waals surface area (Å²) in [5.41, 5.74) is 1.90. The molecule has 1 N–H and O–H groups in total. The highest BCUT2D eigenvalue weighted by molar-refractivity contribution is 6.00. The van der Waals surface area contributed by atoms with E-state index in [1.54, 1.807) is 6.08 Å². The monoisotopic (exact) mass is 364 g/mol. The second kappa shape index (κ2) is 9.72. The molecular weight excluding hydrogens is 336 g/mol. The minimum Gasteiger partial charge on any atom is -0.331 e. The van der Waals surface area contributed by atoms with Crippen molar-refractivity contribution < 1.29 is 9.59 Å². The topological polar surface area (TPSA) is 49.4 Å². The maximum atomic E-state index is 13.0. The summed E-state index contributed by atoms with van der Waals surface area (Å²) in [7, 11) is 0. The molecule has 0 aliphatic heterocycles. The molecule has 0 fully saturated rings. The Morgan fingerprint density at radius 1 is 0.852 bits per heavy atom. The summed E-state index contributed by atoms with van der Waals surface area (Å²) in [6.45, 7) is 7.76. The lowest BCUT2D eigenvalue weighted by Crippen LogP contribution is -2.45. The first-order valence-electron chi connectivity index (χ1n) is 9.32. The molecule has 0 unspecified atom stereocenters. The molecule has 2 aromatic rings. The Morgan fingerprint density at radius 3 is 1.89 bits per heavy atom. The Kier molecular flexibility index (Phi) is 7.35. The standard InChI is InChI=1S/C23H28N2O2/c1-17(2)15-16-22(26)25(19(4)21-13-9-6-10-14-21)23(27)24-18(3)20-11-7-5-8-12-20/h5-19H,1-4H3,(H,24,27)/b16-15+/t18-,19-/m0/s1.